The Labute approximate surface area is 139 Å². The summed E-state index contributed by atoms with van der Waals surface area (Å²) in [6.07, 6.45) is 0. The molecular weight excluding hydrogens is 318 g/mol. The highest BCUT2D eigenvalue weighted by Crippen LogP contribution is 2.30. The number of amides is 1. The normalized spacial score (nSPS) is 12.0. The number of ether oxygens (including phenoxy) is 1. The van der Waals surface area contributed by atoms with Gasteiger partial charge < -0.3 is 10.1 Å². The van der Waals surface area contributed by atoms with Crippen LogP contribution in [-0.2, 0) is 4.74 Å². The number of hydrogen-bond donors (Lipinski definition) is 3. The molecule has 0 saturated carbocycles. The fourth-order valence-corrected chi connectivity index (χ4v) is 3.47. The summed E-state index contributed by atoms with van der Waals surface area (Å²) in [4.78, 5) is 13.0. The van der Waals surface area contributed by atoms with Crippen LogP contribution < -0.4 is 16.2 Å². The molecule has 1 aromatic carbocycles. The lowest BCUT2D eigenvalue weighted by molar-refractivity contribution is 0.0947. The van der Waals surface area contributed by atoms with Gasteiger partial charge in [0.2, 0.25) is 0 Å². The molecule has 2 aromatic rings. The summed E-state index contributed by atoms with van der Waals surface area (Å²) >= 11 is 6.59. The Morgan fingerprint density at radius 1 is 1.36 bits per heavy atom. The lowest BCUT2D eigenvalue weighted by Gasteiger charge is -2.16. The van der Waals surface area contributed by atoms with Crippen LogP contribution in [0.5, 0.6) is 0 Å². The van der Waals surface area contributed by atoms with E-state index in [0.717, 1.165) is 15.6 Å². The van der Waals surface area contributed by atoms with E-state index in [0.29, 0.717) is 16.6 Å². The lowest BCUT2D eigenvalue weighted by atomic mass is 10.1. The number of thiocarbonyl (C=S) groups is 1. The average Bonchev–Trinajstić information content (AvgIpc) is 2.83. The minimum atomic E-state index is -0.192. The van der Waals surface area contributed by atoms with Gasteiger partial charge in [-0.2, -0.15) is 0 Å². The van der Waals surface area contributed by atoms with Gasteiger partial charge in [-0.25, -0.2) is 0 Å². The van der Waals surface area contributed by atoms with Crippen LogP contribution in [0.3, 0.4) is 0 Å². The second-order valence-corrected chi connectivity index (χ2v) is 6.42. The third kappa shape index (κ3) is 3.94. The number of nitrogens with one attached hydrogen (secondary N) is 3. The summed E-state index contributed by atoms with van der Waals surface area (Å²) in [7, 11) is 1.63. The molecule has 0 aliphatic carbocycles. The summed E-state index contributed by atoms with van der Waals surface area (Å²) < 4.78 is 6.11. The van der Waals surface area contributed by atoms with Gasteiger partial charge in [-0.3, -0.25) is 15.6 Å². The molecule has 2 rings (SSSR count). The number of hydrogen-bond acceptors (Lipinski definition) is 4. The average molecular weight is 337 g/mol. The number of hydrazine groups is 1. The first-order valence-corrected chi connectivity index (χ1v) is 8.09. The molecule has 0 radical (unpaired) electrons. The van der Waals surface area contributed by atoms with Crippen molar-refractivity contribution in [1.29, 1.82) is 0 Å². The van der Waals surface area contributed by atoms with Crippen molar-refractivity contribution in [3.8, 4) is 0 Å². The Balaban J connectivity index is 1.97. The number of fused-ring (bicyclic) bond motifs is 1. The minimum Gasteiger partial charge on any atom is -0.383 e. The second-order valence-electron chi connectivity index (χ2n) is 4.96. The van der Waals surface area contributed by atoms with E-state index in [1.165, 1.54) is 11.3 Å². The van der Waals surface area contributed by atoms with Crippen molar-refractivity contribution in [2.75, 3.05) is 13.7 Å². The maximum Gasteiger partial charge on any atom is 0.280 e. The predicted octanol–water partition coefficient (Wildman–Crippen LogP) is 2.35. The van der Waals surface area contributed by atoms with Gasteiger partial charge in [0, 0.05) is 17.9 Å². The van der Waals surface area contributed by atoms with Crippen molar-refractivity contribution in [2.45, 2.75) is 19.9 Å². The highest BCUT2D eigenvalue weighted by Gasteiger charge is 2.15. The number of rotatable bonds is 4. The Morgan fingerprint density at radius 2 is 2.09 bits per heavy atom. The van der Waals surface area contributed by atoms with Gasteiger partial charge in [0.05, 0.1) is 11.5 Å². The summed E-state index contributed by atoms with van der Waals surface area (Å²) in [6.45, 7) is 4.42. The third-order valence-corrected chi connectivity index (χ3v) is 4.63. The van der Waals surface area contributed by atoms with E-state index < -0.39 is 0 Å². The molecule has 1 atom stereocenters. The largest absolute Gasteiger partial charge is 0.383 e. The molecule has 118 valence electrons. The van der Waals surface area contributed by atoms with E-state index in [1.807, 2.05) is 38.1 Å². The van der Waals surface area contributed by atoms with Crippen molar-refractivity contribution >= 4 is 44.7 Å². The quantitative estimate of drug-likeness (QED) is 0.590. The maximum atomic E-state index is 12.3. The first-order valence-electron chi connectivity index (χ1n) is 6.87. The summed E-state index contributed by atoms with van der Waals surface area (Å²) in [5, 5.41) is 4.47. The van der Waals surface area contributed by atoms with E-state index in [-0.39, 0.29) is 11.9 Å². The van der Waals surface area contributed by atoms with E-state index >= 15 is 0 Å². The van der Waals surface area contributed by atoms with Gasteiger partial charge in [-0.15, -0.1) is 11.3 Å². The number of carbonyl (C=O) groups is 1. The first kappa shape index (κ1) is 16.7. The zero-order chi connectivity index (χ0) is 16.1. The van der Waals surface area contributed by atoms with Crippen LogP contribution in [0.4, 0.5) is 0 Å². The first-order chi connectivity index (χ1) is 10.5. The number of carbonyl (C=O) groups excluding carboxylic acids is 1. The number of aryl methyl sites for hydroxylation is 1. The van der Waals surface area contributed by atoms with Crippen LogP contribution >= 0.6 is 23.6 Å². The standard InChI is InChI=1S/C15H19N3O2S2/c1-9(8-20-3)16-15(21)18-17-14(19)13-10(2)11-6-4-5-7-12(11)22-13/h4-7,9H,8H2,1-3H3,(H,17,19)(H2,16,18,21)/t9-/m0/s1. The predicted molar refractivity (Wildman–Crippen MR) is 94.2 cm³/mol. The van der Waals surface area contributed by atoms with Crippen LogP contribution in [0.2, 0.25) is 0 Å². The third-order valence-electron chi connectivity index (χ3n) is 3.13. The summed E-state index contributed by atoms with van der Waals surface area (Å²) in [5.74, 6) is -0.192. The van der Waals surface area contributed by atoms with E-state index in [4.69, 9.17) is 17.0 Å². The molecule has 1 amide bonds. The van der Waals surface area contributed by atoms with Crippen LogP contribution in [0.15, 0.2) is 24.3 Å². The van der Waals surface area contributed by atoms with Crippen molar-refractivity contribution in [3.05, 3.63) is 34.7 Å². The number of methoxy groups -OCH3 is 1. The molecule has 0 bridgehead atoms. The van der Waals surface area contributed by atoms with Gasteiger partial charge in [0.1, 0.15) is 0 Å². The highest BCUT2D eigenvalue weighted by atomic mass is 32.1. The fraction of sp³-hybridized carbons (Fsp3) is 0.333. The molecule has 0 unspecified atom stereocenters. The summed E-state index contributed by atoms with van der Waals surface area (Å²) in [6, 6.07) is 8.03. The Kier molecular flexibility index (Phi) is 5.70. The Morgan fingerprint density at radius 3 is 2.77 bits per heavy atom. The highest BCUT2D eigenvalue weighted by molar-refractivity contribution is 7.80. The Hall–Kier alpha value is -1.70. The topological polar surface area (TPSA) is 62.4 Å². The molecule has 0 saturated heterocycles. The van der Waals surface area contributed by atoms with Gasteiger partial charge in [-0.1, -0.05) is 18.2 Å². The van der Waals surface area contributed by atoms with Crippen molar-refractivity contribution in [1.82, 2.24) is 16.2 Å². The van der Waals surface area contributed by atoms with Gasteiger partial charge in [0.25, 0.3) is 5.91 Å². The van der Waals surface area contributed by atoms with Gasteiger partial charge in [0.15, 0.2) is 5.11 Å². The zero-order valence-electron chi connectivity index (χ0n) is 12.7. The van der Waals surface area contributed by atoms with Crippen molar-refractivity contribution < 1.29 is 9.53 Å². The Bertz CT molecular complexity index is 684. The lowest BCUT2D eigenvalue weighted by Crippen LogP contribution is -2.49. The molecule has 5 nitrogen and oxygen atoms in total. The van der Waals surface area contributed by atoms with E-state index in [2.05, 4.69) is 16.2 Å². The van der Waals surface area contributed by atoms with Crippen molar-refractivity contribution in [2.24, 2.45) is 0 Å². The summed E-state index contributed by atoms with van der Waals surface area (Å²) in [5.41, 5.74) is 6.32. The zero-order valence-corrected chi connectivity index (χ0v) is 14.4. The van der Waals surface area contributed by atoms with E-state index in [9.17, 15) is 4.79 Å². The smallest absolute Gasteiger partial charge is 0.280 e. The van der Waals surface area contributed by atoms with Crippen LogP contribution in [0.1, 0.15) is 22.2 Å². The molecule has 0 aliphatic heterocycles. The molecule has 7 heteroatoms. The van der Waals surface area contributed by atoms with Crippen molar-refractivity contribution in [3.63, 3.8) is 0 Å². The van der Waals surface area contributed by atoms with Crippen LogP contribution in [0.25, 0.3) is 10.1 Å². The van der Waals surface area contributed by atoms with Gasteiger partial charge in [-0.05, 0) is 43.1 Å². The monoisotopic (exact) mass is 337 g/mol. The van der Waals surface area contributed by atoms with E-state index in [1.54, 1.807) is 7.11 Å². The molecule has 1 heterocycles. The SMILES string of the molecule is COC[C@H](C)NC(=S)NNC(=O)c1sc2ccccc2c1C. The van der Waals surface area contributed by atoms with Gasteiger partial charge >= 0.3 is 0 Å². The molecule has 0 aliphatic rings. The molecule has 1 aromatic heterocycles. The molecular formula is C15H19N3O2S2. The molecule has 3 N–H and O–H groups in total. The molecule has 0 fully saturated rings. The molecule has 0 spiro atoms. The minimum absolute atomic E-state index is 0.0629. The number of thiophene rings is 1. The van der Waals surface area contributed by atoms with Crippen LogP contribution in [0, 0.1) is 6.92 Å². The fourth-order valence-electron chi connectivity index (χ4n) is 2.11. The maximum absolute atomic E-state index is 12.3. The second kappa shape index (κ2) is 7.53. The number of benzene rings is 1. The van der Waals surface area contributed by atoms with Crippen LogP contribution in [-0.4, -0.2) is 30.8 Å². The molecule has 22 heavy (non-hydrogen) atoms.